The highest BCUT2D eigenvalue weighted by molar-refractivity contribution is 5.75. The second-order valence-corrected chi connectivity index (χ2v) is 4.24. The maximum absolute atomic E-state index is 11.0. The Morgan fingerprint density at radius 3 is 3.06 bits per heavy atom. The summed E-state index contributed by atoms with van der Waals surface area (Å²) in [5, 5.41) is 5.94. The minimum absolute atomic E-state index is 0.115. The molecule has 1 heterocycles. The van der Waals surface area contributed by atoms with Crippen LogP contribution in [0.4, 0.5) is 0 Å². The molecule has 1 saturated heterocycles. The fourth-order valence-electron chi connectivity index (χ4n) is 1.81. The van der Waals surface area contributed by atoms with E-state index in [1.54, 1.807) is 7.05 Å². The number of hydrogen-bond acceptors (Lipinski definition) is 4. The second-order valence-electron chi connectivity index (χ2n) is 4.24. The average Bonchev–Trinajstić information content (AvgIpc) is 2.30. The van der Waals surface area contributed by atoms with Crippen LogP contribution in [0.15, 0.2) is 0 Å². The summed E-state index contributed by atoms with van der Waals surface area (Å²) in [5.74, 6) is 0.115. The summed E-state index contributed by atoms with van der Waals surface area (Å²) < 4.78 is 5.61. The first-order valence-electron chi connectivity index (χ1n) is 5.94. The van der Waals surface area contributed by atoms with E-state index >= 15 is 0 Å². The molecule has 2 N–H and O–H groups in total. The van der Waals surface area contributed by atoms with Gasteiger partial charge in [-0.15, -0.1) is 0 Å². The van der Waals surface area contributed by atoms with E-state index in [0.29, 0.717) is 12.5 Å². The predicted molar refractivity (Wildman–Crippen MR) is 63.4 cm³/mol. The van der Waals surface area contributed by atoms with Crippen LogP contribution in [0.25, 0.3) is 0 Å². The molecule has 94 valence electrons. The van der Waals surface area contributed by atoms with Gasteiger partial charge in [-0.2, -0.15) is 0 Å². The molecule has 1 aliphatic heterocycles. The van der Waals surface area contributed by atoms with Crippen molar-refractivity contribution >= 4 is 5.91 Å². The number of carbonyl (C=O) groups excluding carboxylic acids is 1. The van der Waals surface area contributed by atoms with Gasteiger partial charge in [-0.05, 0) is 20.0 Å². The van der Waals surface area contributed by atoms with E-state index < -0.39 is 0 Å². The SMILES string of the molecule is CNC(=O)CCCN(C)CC1CNCCO1. The number of carbonyl (C=O) groups is 1. The molecule has 0 aromatic heterocycles. The first kappa shape index (κ1) is 13.4. The van der Waals surface area contributed by atoms with Crippen LogP contribution in [0.1, 0.15) is 12.8 Å². The monoisotopic (exact) mass is 229 g/mol. The van der Waals surface area contributed by atoms with E-state index in [-0.39, 0.29) is 5.91 Å². The lowest BCUT2D eigenvalue weighted by molar-refractivity contribution is -0.120. The molecule has 1 aliphatic rings. The third-order valence-corrected chi connectivity index (χ3v) is 2.74. The summed E-state index contributed by atoms with van der Waals surface area (Å²) in [6, 6.07) is 0. The Bertz CT molecular complexity index is 205. The van der Waals surface area contributed by atoms with Crippen LogP contribution in [0.2, 0.25) is 0 Å². The molecule has 16 heavy (non-hydrogen) atoms. The third-order valence-electron chi connectivity index (χ3n) is 2.74. The summed E-state index contributed by atoms with van der Waals surface area (Å²) >= 11 is 0. The third kappa shape index (κ3) is 5.44. The Balaban J connectivity index is 2.05. The number of amides is 1. The van der Waals surface area contributed by atoms with Crippen molar-refractivity contribution in [2.75, 3.05) is 46.9 Å². The molecule has 1 unspecified atom stereocenters. The summed E-state index contributed by atoms with van der Waals surface area (Å²) in [6.07, 6.45) is 1.79. The van der Waals surface area contributed by atoms with Crippen molar-refractivity contribution in [3.05, 3.63) is 0 Å². The van der Waals surface area contributed by atoms with Crippen molar-refractivity contribution in [2.45, 2.75) is 18.9 Å². The lowest BCUT2D eigenvalue weighted by Crippen LogP contribution is -2.44. The molecule has 0 spiro atoms. The van der Waals surface area contributed by atoms with Gasteiger partial charge in [0.1, 0.15) is 0 Å². The van der Waals surface area contributed by atoms with E-state index in [0.717, 1.165) is 39.2 Å². The van der Waals surface area contributed by atoms with Crippen LogP contribution in [-0.2, 0) is 9.53 Å². The highest BCUT2D eigenvalue weighted by Crippen LogP contribution is 2.00. The summed E-state index contributed by atoms with van der Waals surface area (Å²) in [4.78, 5) is 13.2. The molecular weight excluding hydrogens is 206 g/mol. The standard InChI is InChI=1S/C11H23N3O2/c1-12-11(15)4-3-6-14(2)9-10-8-13-5-7-16-10/h10,13H,3-9H2,1-2H3,(H,12,15). The van der Waals surface area contributed by atoms with Crippen molar-refractivity contribution in [3.63, 3.8) is 0 Å². The zero-order valence-electron chi connectivity index (χ0n) is 10.3. The molecule has 5 nitrogen and oxygen atoms in total. The van der Waals surface area contributed by atoms with E-state index in [1.165, 1.54) is 0 Å². The quantitative estimate of drug-likeness (QED) is 0.640. The van der Waals surface area contributed by atoms with Crippen LogP contribution in [0.3, 0.4) is 0 Å². The maximum atomic E-state index is 11.0. The van der Waals surface area contributed by atoms with Gasteiger partial charge in [-0.3, -0.25) is 4.79 Å². The zero-order valence-corrected chi connectivity index (χ0v) is 10.3. The minimum Gasteiger partial charge on any atom is -0.374 e. The zero-order chi connectivity index (χ0) is 11.8. The number of likely N-dealkylation sites (N-methyl/N-ethyl adjacent to an activating group) is 1. The maximum Gasteiger partial charge on any atom is 0.219 e. The Morgan fingerprint density at radius 1 is 1.62 bits per heavy atom. The van der Waals surface area contributed by atoms with Gasteiger partial charge in [0.25, 0.3) is 0 Å². The van der Waals surface area contributed by atoms with Crippen LogP contribution in [0, 0.1) is 0 Å². The highest BCUT2D eigenvalue weighted by atomic mass is 16.5. The van der Waals surface area contributed by atoms with Gasteiger partial charge in [0.15, 0.2) is 0 Å². The first-order valence-corrected chi connectivity index (χ1v) is 5.94. The van der Waals surface area contributed by atoms with E-state index in [2.05, 4.69) is 22.6 Å². The van der Waals surface area contributed by atoms with Crippen molar-refractivity contribution in [3.8, 4) is 0 Å². The molecule has 0 aromatic carbocycles. The topological polar surface area (TPSA) is 53.6 Å². The molecule has 5 heteroatoms. The molecule has 1 amide bonds. The van der Waals surface area contributed by atoms with Crippen LogP contribution in [-0.4, -0.2) is 63.8 Å². The molecule has 0 aliphatic carbocycles. The Hall–Kier alpha value is -0.650. The van der Waals surface area contributed by atoms with Crippen molar-refractivity contribution in [1.82, 2.24) is 15.5 Å². The van der Waals surface area contributed by atoms with Gasteiger partial charge in [-0.1, -0.05) is 0 Å². The minimum atomic E-state index is 0.115. The smallest absolute Gasteiger partial charge is 0.219 e. The van der Waals surface area contributed by atoms with Crippen LogP contribution < -0.4 is 10.6 Å². The highest BCUT2D eigenvalue weighted by Gasteiger charge is 2.15. The average molecular weight is 229 g/mol. The van der Waals surface area contributed by atoms with Gasteiger partial charge in [0.2, 0.25) is 5.91 Å². The molecule has 0 saturated carbocycles. The molecular formula is C11H23N3O2. The fourth-order valence-corrected chi connectivity index (χ4v) is 1.81. The number of ether oxygens (including phenoxy) is 1. The van der Waals surface area contributed by atoms with Gasteiger partial charge < -0.3 is 20.3 Å². The van der Waals surface area contributed by atoms with E-state index in [4.69, 9.17) is 4.74 Å². The normalized spacial score (nSPS) is 21.1. The molecule has 1 atom stereocenters. The van der Waals surface area contributed by atoms with E-state index in [1.807, 2.05) is 0 Å². The fraction of sp³-hybridized carbons (Fsp3) is 0.909. The van der Waals surface area contributed by atoms with Crippen LogP contribution in [0.5, 0.6) is 0 Å². The molecule has 1 rings (SSSR count). The van der Waals surface area contributed by atoms with Crippen molar-refractivity contribution < 1.29 is 9.53 Å². The summed E-state index contributed by atoms with van der Waals surface area (Å²) in [5.41, 5.74) is 0. The van der Waals surface area contributed by atoms with Gasteiger partial charge >= 0.3 is 0 Å². The summed E-state index contributed by atoms with van der Waals surface area (Å²) in [7, 11) is 3.75. The Kier molecular flexibility index (Phi) is 6.37. The lowest BCUT2D eigenvalue weighted by atomic mass is 10.2. The number of rotatable bonds is 6. The van der Waals surface area contributed by atoms with Crippen molar-refractivity contribution in [1.29, 1.82) is 0 Å². The Labute approximate surface area is 97.5 Å². The van der Waals surface area contributed by atoms with Crippen LogP contribution >= 0.6 is 0 Å². The number of nitrogens with zero attached hydrogens (tertiary/aromatic N) is 1. The molecule has 0 radical (unpaired) electrons. The van der Waals surface area contributed by atoms with Crippen molar-refractivity contribution in [2.24, 2.45) is 0 Å². The number of hydrogen-bond donors (Lipinski definition) is 2. The lowest BCUT2D eigenvalue weighted by Gasteiger charge is -2.27. The number of nitrogens with one attached hydrogen (secondary N) is 2. The number of morpholine rings is 1. The summed E-state index contributed by atoms with van der Waals surface area (Å²) in [6.45, 7) is 4.56. The van der Waals surface area contributed by atoms with E-state index in [9.17, 15) is 4.79 Å². The predicted octanol–water partition coefficient (Wildman–Crippen LogP) is -0.567. The van der Waals surface area contributed by atoms with Gasteiger partial charge in [0, 0.05) is 33.1 Å². The van der Waals surface area contributed by atoms with Gasteiger partial charge in [-0.25, -0.2) is 0 Å². The van der Waals surface area contributed by atoms with Gasteiger partial charge in [0.05, 0.1) is 12.7 Å². The molecule has 1 fully saturated rings. The molecule has 0 bridgehead atoms. The largest absolute Gasteiger partial charge is 0.374 e. The first-order chi connectivity index (χ1) is 7.72. The second kappa shape index (κ2) is 7.60. The molecule has 0 aromatic rings. The Morgan fingerprint density at radius 2 is 2.44 bits per heavy atom.